The van der Waals surface area contributed by atoms with Crippen LogP contribution in [-0.2, 0) is 0 Å². The maximum absolute atomic E-state index is 12.2. The van der Waals surface area contributed by atoms with Crippen LogP contribution in [0, 0.1) is 6.92 Å². The summed E-state index contributed by atoms with van der Waals surface area (Å²) in [6.45, 7) is 2.01. The number of carbonyl (C=O) groups excluding carboxylic acids is 1. The van der Waals surface area contributed by atoms with Gasteiger partial charge in [-0.3, -0.25) is 9.78 Å². The quantitative estimate of drug-likeness (QED) is 0.800. The number of aromatic nitrogens is 2. The molecule has 21 heavy (non-hydrogen) atoms. The molecule has 0 unspecified atom stereocenters. The normalized spacial score (nSPS) is 10.3. The van der Waals surface area contributed by atoms with Crippen molar-refractivity contribution in [3.05, 3.63) is 65.3 Å². The van der Waals surface area contributed by atoms with Gasteiger partial charge in [-0.15, -0.1) is 11.3 Å². The van der Waals surface area contributed by atoms with E-state index in [9.17, 15) is 4.79 Å². The Labute approximate surface area is 126 Å². The van der Waals surface area contributed by atoms with Gasteiger partial charge >= 0.3 is 0 Å². The summed E-state index contributed by atoms with van der Waals surface area (Å²) in [5.41, 5.74) is 3.09. The number of rotatable bonds is 3. The molecule has 0 aliphatic rings. The van der Waals surface area contributed by atoms with E-state index in [4.69, 9.17) is 0 Å². The van der Waals surface area contributed by atoms with E-state index in [0.29, 0.717) is 5.69 Å². The number of amides is 1. The first-order valence-electron chi connectivity index (χ1n) is 6.47. The first-order chi connectivity index (χ1) is 10.2. The Balaban J connectivity index is 1.77. The predicted octanol–water partition coefficient (Wildman–Crippen LogP) is 3.77. The number of thiazole rings is 1. The largest absolute Gasteiger partial charge is 0.321 e. The standard InChI is InChI=1S/C16H13N3OS/c1-11-5-7-12(8-6-11)18-15(20)14-10-21-16(19-14)13-4-2-3-9-17-13/h2-10H,1H3,(H,18,20). The van der Waals surface area contributed by atoms with Crippen LogP contribution in [0.4, 0.5) is 5.69 Å². The molecule has 0 aliphatic carbocycles. The van der Waals surface area contributed by atoms with Gasteiger partial charge in [0, 0.05) is 17.3 Å². The molecule has 0 atom stereocenters. The number of pyridine rings is 1. The highest BCUT2D eigenvalue weighted by molar-refractivity contribution is 7.13. The average Bonchev–Trinajstić information content (AvgIpc) is 3.00. The average molecular weight is 295 g/mol. The molecule has 0 saturated heterocycles. The lowest BCUT2D eigenvalue weighted by Crippen LogP contribution is -2.12. The zero-order valence-corrected chi connectivity index (χ0v) is 12.2. The van der Waals surface area contributed by atoms with Crippen molar-refractivity contribution < 1.29 is 4.79 Å². The number of hydrogen-bond acceptors (Lipinski definition) is 4. The van der Waals surface area contributed by atoms with E-state index >= 15 is 0 Å². The second kappa shape index (κ2) is 5.85. The van der Waals surface area contributed by atoms with Gasteiger partial charge in [0.05, 0.1) is 5.69 Å². The van der Waals surface area contributed by atoms with E-state index in [2.05, 4.69) is 15.3 Å². The molecule has 0 bridgehead atoms. The highest BCUT2D eigenvalue weighted by Gasteiger charge is 2.12. The molecule has 2 heterocycles. The highest BCUT2D eigenvalue weighted by Crippen LogP contribution is 2.22. The summed E-state index contributed by atoms with van der Waals surface area (Å²) in [6, 6.07) is 13.3. The minimum absolute atomic E-state index is 0.211. The van der Waals surface area contributed by atoms with E-state index in [1.165, 1.54) is 11.3 Å². The zero-order valence-electron chi connectivity index (χ0n) is 11.4. The fourth-order valence-corrected chi connectivity index (χ4v) is 2.59. The van der Waals surface area contributed by atoms with Crippen LogP contribution in [0.5, 0.6) is 0 Å². The van der Waals surface area contributed by atoms with Crippen LogP contribution >= 0.6 is 11.3 Å². The number of carbonyl (C=O) groups is 1. The van der Waals surface area contributed by atoms with Gasteiger partial charge in [0.25, 0.3) is 5.91 Å². The molecule has 2 aromatic heterocycles. The number of benzene rings is 1. The van der Waals surface area contributed by atoms with Gasteiger partial charge in [-0.1, -0.05) is 23.8 Å². The smallest absolute Gasteiger partial charge is 0.275 e. The molecule has 1 N–H and O–H groups in total. The van der Waals surface area contributed by atoms with Crippen molar-refractivity contribution in [1.82, 2.24) is 9.97 Å². The minimum atomic E-state index is -0.211. The second-order valence-electron chi connectivity index (χ2n) is 4.57. The van der Waals surface area contributed by atoms with Crippen molar-refractivity contribution in [3.8, 4) is 10.7 Å². The Hall–Kier alpha value is -2.53. The molecule has 0 radical (unpaired) electrons. The Kier molecular flexibility index (Phi) is 3.75. The van der Waals surface area contributed by atoms with Crippen LogP contribution in [0.15, 0.2) is 54.0 Å². The second-order valence-corrected chi connectivity index (χ2v) is 5.43. The molecular weight excluding hydrogens is 282 g/mol. The van der Waals surface area contributed by atoms with Gasteiger partial charge in [0.15, 0.2) is 0 Å². The fraction of sp³-hybridized carbons (Fsp3) is 0.0625. The summed E-state index contributed by atoms with van der Waals surface area (Å²) in [4.78, 5) is 20.7. The van der Waals surface area contributed by atoms with Crippen LogP contribution in [0.25, 0.3) is 10.7 Å². The van der Waals surface area contributed by atoms with E-state index in [0.717, 1.165) is 22.0 Å². The third kappa shape index (κ3) is 3.14. The number of aryl methyl sites for hydroxylation is 1. The first-order valence-corrected chi connectivity index (χ1v) is 7.35. The van der Waals surface area contributed by atoms with Crippen molar-refractivity contribution in [1.29, 1.82) is 0 Å². The van der Waals surface area contributed by atoms with Crippen molar-refractivity contribution >= 4 is 22.9 Å². The summed E-state index contributed by atoms with van der Waals surface area (Å²) in [6.07, 6.45) is 1.71. The van der Waals surface area contributed by atoms with Crippen molar-refractivity contribution in [2.75, 3.05) is 5.32 Å². The summed E-state index contributed by atoms with van der Waals surface area (Å²) < 4.78 is 0. The maximum atomic E-state index is 12.2. The summed E-state index contributed by atoms with van der Waals surface area (Å²) >= 11 is 1.41. The van der Waals surface area contributed by atoms with Crippen LogP contribution < -0.4 is 5.32 Å². The minimum Gasteiger partial charge on any atom is -0.321 e. The number of nitrogens with one attached hydrogen (secondary N) is 1. The molecule has 1 amide bonds. The fourth-order valence-electron chi connectivity index (χ4n) is 1.82. The van der Waals surface area contributed by atoms with Crippen LogP contribution in [0.3, 0.4) is 0 Å². The molecule has 5 heteroatoms. The SMILES string of the molecule is Cc1ccc(NC(=O)c2csc(-c3ccccn3)n2)cc1. The van der Waals surface area contributed by atoms with Crippen molar-refractivity contribution in [2.24, 2.45) is 0 Å². The molecule has 104 valence electrons. The number of anilines is 1. The number of nitrogens with zero attached hydrogens (tertiary/aromatic N) is 2. The van der Waals surface area contributed by atoms with Gasteiger partial charge in [0.1, 0.15) is 10.7 Å². The van der Waals surface area contributed by atoms with E-state index in [1.54, 1.807) is 11.6 Å². The molecule has 3 rings (SSSR count). The molecule has 0 fully saturated rings. The summed E-state index contributed by atoms with van der Waals surface area (Å²) in [5.74, 6) is -0.211. The Morgan fingerprint density at radius 1 is 1.14 bits per heavy atom. The molecule has 0 aliphatic heterocycles. The monoisotopic (exact) mass is 295 g/mol. The number of hydrogen-bond donors (Lipinski definition) is 1. The topological polar surface area (TPSA) is 54.9 Å². The van der Waals surface area contributed by atoms with E-state index in [1.807, 2.05) is 49.4 Å². The Bertz CT molecular complexity index is 751. The lowest BCUT2D eigenvalue weighted by atomic mass is 10.2. The van der Waals surface area contributed by atoms with Crippen LogP contribution in [0.1, 0.15) is 16.1 Å². The van der Waals surface area contributed by atoms with Crippen LogP contribution in [-0.4, -0.2) is 15.9 Å². The summed E-state index contributed by atoms with van der Waals surface area (Å²) in [7, 11) is 0. The van der Waals surface area contributed by atoms with Gasteiger partial charge < -0.3 is 5.32 Å². The molecule has 0 saturated carbocycles. The molecule has 0 spiro atoms. The van der Waals surface area contributed by atoms with Crippen molar-refractivity contribution in [2.45, 2.75) is 6.92 Å². The van der Waals surface area contributed by atoms with Gasteiger partial charge in [-0.2, -0.15) is 0 Å². The van der Waals surface area contributed by atoms with Crippen molar-refractivity contribution in [3.63, 3.8) is 0 Å². The molecule has 1 aromatic carbocycles. The first kappa shape index (κ1) is 13.5. The summed E-state index contributed by atoms with van der Waals surface area (Å²) in [5, 5.41) is 5.32. The van der Waals surface area contributed by atoms with Gasteiger partial charge in [-0.05, 0) is 31.2 Å². The molecular formula is C16H13N3OS. The third-order valence-electron chi connectivity index (χ3n) is 2.93. The lowest BCUT2D eigenvalue weighted by molar-refractivity contribution is 0.102. The highest BCUT2D eigenvalue weighted by atomic mass is 32.1. The molecule has 4 nitrogen and oxygen atoms in total. The maximum Gasteiger partial charge on any atom is 0.275 e. The Morgan fingerprint density at radius 2 is 1.95 bits per heavy atom. The Morgan fingerprint density at radius 3 is 2.67 bits per heavy atom. The van der Waals surface area contributed by atoms with Gasteiger partial charge in [-0.25, -0.2) is 4.98 Å². The van der Waals surface area contributed by atoms with E-state index in [-0.39, 0.29) is 5.91 Å². The zero-order chi connectivity index (χ0) is 14.7. The molecule has 3 aromatic rings. The predicted molar refractivity (Wildman–Crippen MR) is 84.5 cm³/mol. The third-order valence-corrected chi connectivity index (χ3v) is 3.80. The van der Waals surface area contributed by atoms with Crippen LogP contribution in [0.2, 0.25) is 0 Å². The van der Waals surface area contributed by atoms with Gasteiger partial charge in [0.2, 0.25) is 0 Å². The lowest BCUT2D eigenvalue weighted by Gasteiger charge is -2.03. The van der Waals surface area contributed by atoms with E-state index < -0.39 is 0 Å².